The monoisotopic (exact) mass is 632 g/mol. The maximum atomic E-state index is 13.8. The first-order valence-corrected chi connectivity index (χ1v) is 20.1. The van der Waals surface area contributed by atoms with E-state index in [0.29, 0.717) is 48.3 Å². The molecule has 1 aliphatic carbocycles. The van der Waals surface area contributed by atoms with Gasteiger partial charge in [-0.2, -0.15) is 0 Å². The number of aliphatic hydroxyl groups is 1. The van der Waals surface area contributed by atoms with Crippen LogP contribution in [-0.2, 0) is 44.4 Å². The van der Waals surface area contributed by atoms with E-state index >= 15 is 0 Å². The summed E-state index contributed by atoms with van der Waals surface area (Å²) in [4.78, 5) is 28.3. The average Bonchev–Trinajstić information content (AvgIpc) is 3.37. The Hall–Kier alpha value is -3.47. The fourth-order valence-electron chi connectivity index (χ4n) is 6.93. The lowest BCUT2D eigenvalue weighted by molar-refractivity contribution is -0.163. The van der Waals surface area contributed by atoms with Crippen LogP contribution in [0.2, 0.25) is 25.2 Å². The van der Waals surface area contributed by atoms with Crippen LogP contribution in [0.1, 0.15) is 48.4 Å². The van der Waals surface area contributed by atoms with Gasteiger partial charge >= 0.3 is 5.97 Å². The highest BCUT2D eigenvalue weighted by Crippen LogP contribution is 2.44. The van der Waals surface area contributed by atoms with Crippen molar-refractivity contribution in [3.63, 3.8) is 0 Å². The number of nitrogens with zero attached hydrogens (tertiary/aromatic N) is 1. The van der Waals surface area contributed by atoms with E-state index in [9.17, 15) is 23.1 Å². The molecule has 3 heterocycles. The van der Waals surface area contributed by atoms with Crippen LogP contribution in [0.3, 0.4) is 0 Å². The molecule has 0 saturated heterocycles. The van der Waals surface area contributed by atoms with E-state index in [4.69, 9.17) is 4.74 Å². The Morgan fingerprint density at radius 2 is 1.86 bits per heavy atom. The molecular weight excluding hydrogens is 593 g/mol. The van der Waals surface area contributed by atoms with Crippen LogP contribution < -0.4 is 5.32 Å². The Kier molecular flexibility index (Phi) is 8.19. The number of fused-ring (bicyclic) bond motifs is 3. The fourth-order valence-corrected chi connectivity index (χ4v) is 10.2. The van der Waals surface area contributed by atoms with E-state index in [1.165, 1.54) is 11.1 Å². The van der Waals surface area contributed by atoms with Gasteiger partial charge in [0, 0.05) is 25.8 Å². The van der Waals surface area contributed by atoms with Gasteiger partial charge in [-0.3, -0.25) is 4.79 Å². The summed E-state index contributed by atoms with van der Waals surface area (Å²) in [5.41, 5.74) is 4.94. The van der Waals surface area contributed by atoms with E-state index < -0.39 is 30.3 Å². The zero-order chi connectivity index (χ0) is 31.2. The molecule has 8 nitrogen and oxygen atoms in total. The first kappa shape index (κ1) is 30.5. The quantitative estimate of drug-likeness (QED) is 0.200. The summed E-state index contributed by atoms with van der Waals surface area (Å²) < 4.78 is 29.4. The lowest BCUT2D eigenvalue weighted by atomic mass is 9.78. The van der Waals surface area contributed by atoms with Gasteiger partial charge in [-0.05, 0) is 59.6 Å². The summed E-state index contributed by atoms with van der Waals surface area (Å²) in [6.45, 7) is 6.84. The summed E-state index contributed by atoms with van der Waals surface area (Å²) in [5.74, 6) is -0.0682. The van der Waals surface area contributed by atoms with E-state index in [1.807, 2.05) is 35.2 Å². The van der Waals surface area contributed by atoms with Crippen molar-refractivity contribution in [2.24, 2.45) is 0 Å². The molecule has 1 unspecified atom stereocenters. The molecule has 0 fully saturated rings. The fraction of sp³-hybridized carbons (Fsp3) is 0.412. The number of carbonyl (C=O) groups excluding carboxylic acids is 2. The Bertz CT molecular complexity index is 1680. The summed E-state index contributed by atoms with van der Waals surface area (Å²) in [6, 6.07) is 18.2. The molecule has 4 aliphatic rings. The maximum Gasteiger partial charge on any atom is 0.342 e. The Morgan fingerprint density at radius 1 is 1.09 bits per heavy atom. The highest BCUT2D eigenvalue weighted by Gasteiger charge is 2.51. The molecule has 0 spiro atoms. The number of benzene rings is 2. The first-order chi connectivity index (χ1) is 21.0. The minimum atomic E-state index is -2.50. The molecule has 2 atom stereocenters. The maximum absolute atomic E-state index is 13.8. The Labute approximate surface area is 261 Å². The SMILES string of the molecule is CC[C@@]1(O)C(=O)OCC2=C1CC1=C(C2=O)N2Cc3c(cccc3CC[Si](C)(C)CCC(Cc3ccccc3)[SH](=O)=O)C=C2N1. The number of thiol groups is 1. The number of allylic oxidation sites excluding steroid dienone is 2. The van der Waals surface area contributed by atoms with Gasteiger partial charge in [0.1, 0.15) is 28.8 Å². The number of nitrogens with one attached hydrogen (secondary N) is 1. The number of ether oxygens (including phenoxy) is 1. The van der Waals surface area contributed by atoms with Crippen molar-refractivity contribution in [1.29, 1.82) is 0 Å². The van der Waals surface area contributed by atoms with Crippen LogP contribution in [0.15, 0.2) is 76.9 Å². The van der Waals surface area contributed by atoms with Crippen LogP contribution in [0, 0.1) is 0 Å². The first-order valence-electron chi connectivity index (χ1n) is 15.4. The van der Waals surface area contributed by atoms with E-state index in [2.05, 4.69) is 42.7 Å². The molecular formula is C34H40N2O6SSi. The molecule has 232 valence electrons. The van der Waals surface area contributed by atoms with Crippen molar-refractivity contribution in [3.8, 4) is 0 Å². The molecule has 3 aliphatic heterocycles. The number of hydrogen-bond acceptors (Lipinski definition) is 8. The summed E-state index contributed by atoms with van der Waals surface area (Å²) in [6.07, 6.45) is 4.65. The van der Waals surface area contributed by atoms with Crippen LogP contribution in [0.4, 0.5) is 0 Å². The van der Waals surface area contributed by atoms with Crippen molar-refractivity contribution in [2.75, 3.05) is 6.61 Å². The van der Waals surface area contributed by atoms with Crippen molar-refractivity contribution in [3.05, 3.63) is 99.1 Å². The zero-order valence-electron chi connectivity index (χ0n) is 25.5. The van der Waals surface area contributed by atoms with Gasteiger partial charge in [0.15, 0.2) is 5.60 Å². The molecule has 44 heavy (non-hydrogen) atoms. The number of Topliss-reactive ketones (excluding diaryl/α,β-unsaturated/α-hetero) is 1. The second-order valence-electron chi connectivity index (χ2n) is 13.1. The standard InChI is InChI=1S/C34H40N2O6SSi/c1-4-34(39)28-19-29-31(32(37)27(28)21-42-33(34)38)36-20-26-23(11-8-12-24(26)18-30(36)35-29)13-15-44(2,3)16-14-25(43(40)41)17-22-9-6-5-7-10-22/h5-12,18,25,35,39,43H,4,13-17,19-21H2,1-3H3/t25?,34-/m0/s1. The molecule has 2 N–H and O–H groups in total. The molecule has 0 radical (unpaired) electrons. The molecule has 2 aromatic rings. The molecule has 0 bridgehead atoms. The minimum absolute atomic E-state index is 0.118. The third-order valence-corrected chi connectivity index (χ3v) is 14.1. The van der Waals surface area contributed by atoms with Gasteiger partial charge < -0.3 is 20.1 Å². The summed E-state index contributed by atoms with van der Waals surface area (Å²) in [7, 11) is -4.21. The molecule has 6 rings (SSSR count). The van der Waals surface area contributed by atoms with Crippen molar-refractivity contribution in [2.45, 2.75) is 81.6 Å². The van der Waals surface area contributed by atoms with Crippen LogP contribution in [0.25, 0.3) is 6.08 Å². The second-order valence-corrected chi connectivity index (χ2v) is 19.8. The lowest BCUT2D eigenvalue weighted by Crippen LogP contribution is -2.48. The van der Waals surface area contributed by atoms with Crippen LogP contribution in [-0.4, -0.2) is 55.7 Å². The number of ketones is 1. The molecule has 0 aromatic heterocycles. The second kappa shape index (κ2) is 11.8. The number of rotatable bonds is 10. The van der Waals surface area contributed by atoms with E-state index in [-0.39, 0.29) is 24.1 Å². The normalized spacial score (nSPS) is 21.8. The minimum Gasteiger partial charge on any atom is -0.458 e. The van der Waals surface area contributed by atoms with Gasteiger partial charge in [0.2, 0.25) is 5.78 Å². The van der Waals surface area contributed by atoms with Gasteiger partial charge in [-0.25, -0.2) is 13.2 Å². The van der Waals surface area contributed by atoms with Crippen molar-refractivity contribution >= 4 is 36.6 Å². The van der Waals surface area contributed by atoms with Gasteiger partial charge in [0.25, 0.3) is 0 Å². The van der Waals surface area contributed by atoms with Gasteiger partial charge in [-0.1, -0.05) is 80.6 Å². The predicted octanol–water partition coefficient (Wildman–Crippen LogP) is 4.45. The highest BCUT2D eigenvalue weighted by atomic mass is 32.2. The Morgan fingerprint density at radius 3 is 2.59 bits per heavy atom. The van der Waals surface area contributed by atoms with Crippen LogP contribution in [0.5, 0.6) is 0 Å². The Balaban J connectivity index is 1.16. The van der Waals surface area contributed by atoms with Crippen molar-refractivity contribution in [1.82, 2.24) is 10.2 Å². The molecule has 2 aromatic carbocycles. The number of esters is 1. The van der Waals surface area contributed by atoms with Gasteiger partial charge in [-0.15, -0.1) is 0 Å². The molecule has 10 heteroatoms. The van der Waals surface area contributed by atoms with Gasteiger partial charge in [0.05, 0.1) is 11.8 Å². The zero-order valence-corrected chi connectivity index (χ0v) is 27.4. The summed E-state index contributed by atoms with van der Waals surface area (Å²) >= 11 is 0. The lowest BCUT2D eigenvalue weighted by Gasteiger charge is -2.36. The number of cyclic esters (lactones) is 1. The number of aryl methyl sites for hydroxylation is 1. The topological polar surface area (TPSA) is 113 Å². The summed E-state index contributed by atoms with van der Waals surface area (Å²) in [5, 5.41) is 14.2. The third kappa shape index (κ3) is 5.59. The smallest absolute Gasteiger partial charge is 0.342 e. The molecule has 0 saturated carbocycles. The number of carbonyl (C=O) groups is 2. The largest absolute Gasteiger partial charge is 0.458 e. The third-order valence-electron chi connectivity index (χ3n) is 9.78. The molecule has 0 amide bonds. The van der Waals surface area contributed by atoms with E-state index in [1.54, 1.807) is 6.92 Å². The van der Waals surface area contributed by atoms with Crippen LogP contribution >= 0.6 is 0 Å². The number of hydrogen-bond donors (Lipinski definition) is 3. The van der Waals surface area contributed by atoms with E-state index in [0.717, 1.165) is 35.5 Å². The average molecular weight is 633 g/mol. The highest BCUT2D eigenvalue weighted by molar-refractivity contribution is 7.73. The van der Waals surface area contributed by atoms with Crippen molar-refractivity contribution < 1.29 is 27.9 Å². The predicted molar refractivity (Wildman–Crippen MR) is 173 cm³/mol.